The van der Waals surface area contributed by atoms with Crippen LogP contribution >= 0.6 is 11.6 Å². The maximum atomic E-state index is 5.75. The number of aryl methyl sites for hydroxylation is 1. The first-order valence-corrected chi connectivity index (χ1v) is 3.29. The largest absolute Gasteiger partial charge is 0.398 e. The molecule has 0 atom stereocenters. The lowest BCUT2D eigenvalue weighted by atomic mass is 10.4. The minimum atomic E-state index is 0.509. The average Bonchev–Trinajstić information content (AvgIpc) is 2.13. The van der Waals surface area contributed by atoms with Crippen LogP contribution in [-0.2, 0) is 0 Å². The summed E-state index contributed by atoms with van der Waals surface area (Å²) in [6.07, 6.45) is 0. The van der Waals surface area contributed by atoms with E-state index in [9.17, 15) is 0 Å². The van der Waals surface area contributed by atoms with Gasteiger partial charge in [-0.25, -0.2) is 0 Å². The SMILES string of the molecule is C=C(N)c1cc(Cl)c(C)[nH]1. The molecule has 3 N–H and O–H groups in total. The zero-order valence-electron chi connectivity index (χ0n) is 5.74. The Labute approximate surface area is 64.7 Å². The quantitative estimate of drug-likeness (QED) is 0.641. The lowest BCUT2D eigenvalue weighted by Gasteiger charge is -1.90. The zero-order chi connectivity index (χ0) is 7.72. The molecule has 0 spiro atoms. The van der Waals surface area contributed by atoms with Gasteiger partial charge in [-0.3, -0.25) is 0 Å². The van der Waals surface area contributed by atoms with Gasteiger partial charge in [-0.05, 0) is 13.0 Å². The van der Waals surface area contributed by atoms with E-state index in [-0.39, 0.29) is 0 Å². The second-order valence-electron chi connectivity index (χ2n) is 2.18. The molecule has 0 unspecified atom stereocenters. The molecule has 1 aromatic heterocycles. The first-order chi connectivity index (χ1) is 4.61. The third-order valence-corrected chi connectivity index (χ3v) is 1.69. The van der Waals surface area contributed by atoms with Crippen LogP contribution in [0.2, 0.25) is 5.02 Å². The van der Waals surface area contributed by atoms with Gasteiger partial charge >= 0.3 is 0 Å². The summed E-state index contributed by atoms with van der Waals surface area (Å²) in [6, 6.07) is 1.76. The third-order valence-electron chi connectivity index (χ3n) is 1.30. The fourth-order valence-corrected chi connectivity index (χ4v) is 0.862. The Bertz CT molecular complexity index is 243. The molecule has 1 aromatic rings. The molecule has 0 aliphatic heterocycles. The van der Waals surface area contributed by atoms with Gasteiger partial charge < -0.3 is 10.7 Å². The summed E-state index contributed by atoms with van der Waals surface area (Å²) in [6.45, 7) is 5.45. The van der Waals surface area contributed by atoms with Crippen LogP contribution in [0.5, 0.6) is 0 Å². The maximum absolute atomic E-state index is 5.75. The first kappa shape index (κ1) is 7.22. The molecule has 0 saturated heterocycles. The van der Waals surface area contributed by atoms with E-state index in [0.29, 0.717) is 10.7 Å². The second kappa shape index (κ2) is 2.39. The van der Waals surface area contributed by atoms with Crippen LogP contribution < -0.4 is 5.73 Å². The number of aromatic nitrogens is 1. The van der Waals surface area contributed by atoms with Crippen LogP contribution in [-0.4, -0.2) is 4.98 Å². The van der Waals surface area contributed by atoms with Crippen LogP contribution in [0.4, 0.5) is 0 Å². The predicted molar refractivity (Wildman–Crippen MR) is 43.8 cm³/mol. The number of H-pyrrole nitrogens is 1. The van der Waals surface area contributed by atoms with E-state index in [1.807, 2.05) is 6.92 Å². The molecule has 3 heteroatoms. The molecular weight excluding hydrogens is 148 g/mol. The molecule has 0 aliphatic carbocycles. The summed E-state index contributed by atoms with van der Waals surface area (Å²) in [5.41, 5.74) is 7.63. The standard InChI is InChI=1S/C7H9ClN2/c1-4(9)7-3-6(8)5(2)10-7/h3,10H,1,9H2,2H3. The molecule has 0 aliphatic rings. The number of nitrogens with one attached hydrogen (secondary N) is 1. The van der Waals surface area contributed by atoms with E-state index in [1.54, 1.807) is 6.07 Å². The Hall–Kier alpha value is -0.890. The molecule has 0 amide bonds. The first-order valence-electron chi connectivity index (χ1n) is 2.91. The minimum absolute atomic E-state index is 0.509. The maximum Gasteiger partial charge on any atom is 0.0625 e. The van der Waals surface area contributed by atoms with Crippen LogP contribution in [0.25, 0.3) is 5.70 Å². The van der Waals surface area contributed by atoms with Gasteiger partial charge in [0.15, 0.2) is 0 Å². The van der Waals surface area contributed by atoms with Gasteiger partial charge in [0.25, 0.3) is 0 Å². The fraction of sp³-hybridized carbons (Fsp3) is 0.143. The molecule has 2 nitrogen and oxygen atoms in total. The lowest BCUT2D eigenvalue weighted by molar-refractivity contribution is 1.23. The highest BCUT2D eigenvalue weighted by Crippen LogP contribution is 2.17. The summed E-state index contributed by atoms with van der Waals surface area (Å²) in [7, 11) is 0. The third kappa shape index (κ3) is 1.16. The number of halogens is 1. The highest BCUT2D eigenvalue weighted by molar-refractivity contribution is 6.31. The van der Waals surface area contributed by atoms with E-state index >= 15 is 0 Å². The fourth-order valence-electron chi connectivity index (χ4n) is 0.706. The normalized spacial score (nSPS) is 9.80. The molecule has 0 radical (unpaired) electrons. The second-order valence-corrected chi connectivity index (χ2v) is 2.59. The zero-order valence-corrected chi connectivity index (χ0v) is 6.50. The van der Waals surface area contributed by atoms with Crippen molar-refractivity contribution >= 4 is 17.3 Å². The summed E-state index contributed by atoms with van der Waals surface area (Å²) < 4.78 is 0. The summed E-state index contributed by atoms with van der Waals surface area (Å²) >= 11 is 5.75. The molecule has 1 rings (SSSR count). The predicted octanol–water partition coefficient (Wildman–Crippen LogP) is 1.91. The van der Waals surface area contributed by atoms with Gasteiger partial charge in [-0.15, -0.1) is 0 Å². The number of hydrogen-bond donors (Lipinski definition) is 2. The van der Waals surface area contributed by atoms with E-state index < -0.39 is 0 Å². The summed E-state index contributed by atoms with van der Waals surface area (Å²) in [5, 5.41) is 0.696. The van der Waals surface area contributed by atoms with Crippen molar-refractivity contribution in [2.24, 2.45) is 5.73 Å². The number of rotatable bonds is 1. The molecule has 0 aromatic carbocycles. The van der Waals surface area contributed by atoms with Crippen LogP contribution in [0.1, 0.15) is 11.4 Å². The molecule has 0 saturated carbocycles. The van der Waals surface area contributed by atoms with E-state index in [1.165, 1.54) is 0 Å². The Morgan fingerprint density at radius 1 is 1.80 bits per heavy atom. The minimum Gasteiger partial charge on any atom is -0.398 e. The molecule has 1 heterocycles. The Morgan fingerprint density at radius 2 is 2.40 bits per heavy atom. The molecule has 0 bridgehead atoms. The van der Waals surface area contributed by atoms with Gasteiger partial charge in [0.05, 0.1) is 10.7 Å². The van der Waals surface area contributed by atoms with Gasteiger partial charge in [-0.1, -0.05) is 18.2 Å². The molecular formula is C7H9ClN2. The van der Waals surface area contributed by atoms with Gasteiger partial charge in [0, 0.05) is 11.4 Å². The number of nitrogens with two attached hydrogens (primary N) is 1. The van der Waals surface area contributed by atoms with Gasteiger partial charge in [0.1, 0.15) is 0 Å². The van der Waals surface area contributed by atoms with Crippen molar-refractivity contribution in [3.63, 3.8) is 0 Å². The van der Waals surface area contributed by atoms with Crippen LogP contribution in [0, 0.1) is 6.92 Å². The highest BCUT2D eigenvalue weighted by Gasteiger charge is 2.01. The van der Waals surface area contributed by atoms with Crippen molar-refractivity contribution in [2.45, 2.75) is 6.92 Å². The van der Waals surface area contributed by atoms with Gasteiger partial charge in [0.2, 0.25) is 0 Å². The van der Waals surface area contributed by atoms with Crippen LogP contribution in [0.15, 0.2) is 12.6 Å². The topological polar surface area (TPSA) is 41.8 Å². The van der Waals surface area contributed by atoms with E-state index in [0.717, 1.165) is 11.4 Å². The molecule has 10 heavy (non-hydrogen) atoms. The lowest BCUT2D eigenvalue weighted by Crippen LogP contribution is -1.93. The van der Waals surface area contributed by atoms with Crippen LogP contribution in [0.3, 0.4) is 0 Å². The number of aromatic amines is 1. The number of hydrogen-bond acceptors (Lipinski definition) is 1. The highest BCUT2D eigenvalue weighted by atomic mass is 35.5. The van der Waals surface area contributed by atoms with E-state index in [2.05, 4.69) is 11.6 Å². The average molecular weight is 157 g/mol. The summed E-state index contributed by atoms with van der Waals surface area (Å²) in [4.78, 5) is 2.99. The Kier molecular flexibility index (Phi) is 1.72. The smallest absolute Gasteiger partial charge is 0.0625 e. The molecule has 0 fully saturated rings. The van der Waals surface area contributed by atoms with Crippen molar-refractivity contribution < 1.29 is 0 Å². The van der Waals surface area contributed by atoms with Crippen molar-refractivity contribution in [3.05, 3.63) is 29.1 Å². The molecule has 54 valence electrons. The Balaban J connectivity index is 3.10. The monoisotopic (exact) mass is 156 g/mol. The van der Waals surface area contributed by atoms with Crippen molar-refractivity contribution in [1.82, 2.24) is 4.98 Å². The van der Waals surface area contributed by atoms with Crippen molar-refractivity contribution in [2.75, 3.05) is 0 Å². The van der Waals surface area contributed by atoms with Gasteiger partial charge in [-0.2, -0.15) is 0 Å². The van der Waals surface area contributed by atoms with Crippen molar-refractivity contribution in [1.29, 1.82) is 0 Å². The van der Waals surface area contributed by atoms with Crippen molar-refractivity contribution in [3.8, 4) is 0 Å². The summed E-state index contributed by atoms with van der Waals surface area (Å²) in [5.74, 6) is 0. The van der Waals surface area contributed by atoms with E-state index in [4.69, 9.17) is 17.3 Å². The Morgan fingerprint density at radius 3 is 2.60 bits per heavy atom.